The molecular weight excluding hydrogens is 1340 g/mol. The molecule has 92 heavy (non-hydrogen) atoms. The molecule has 1 unspecified atom stereocenters. The lowest BCUT2D eigenvalue weighted by Crippen LogP contribution is -2.48. The van der Waals surface area contributed by atoms with E-state index < -0.39 is 14.5 Å². The Hall–Kier alpha value is -5.50. The highest BCUT2D eigenvalue weighted by Gasteiger charge is 2.26. The van der Waals surface area contributed by atoms with Crippen molar-refractivity contribution in [3.8, 4) is 0 Å². The molecule has 8 rings (SSSR count). The van der Waals surface area contributed by atoms with Gasteiger partial charge in [-0.25, -0.2) is 19.9 Å². The highest BCUT2D eigenvalue weighted by molar-refractivity contribution is 9.10. The maximum absolute atomic E-state index is 13.7. The van der Waals surface area contributed by atoms with Crippen LogP contribution in [-0.4, -0.2) is 256 Å². The molecule has 0 aliphatic carbocycles. The van der Waals surface area contributed by atoms with Crippen molar-refractivity contribution in [3.63, 3.8) is 0 Å². The van der Waals surface area contributed by atoms with Crippen LogP contribution in [0.2, 0.25) is 0 Å². The minimum atomic E-state index is -2.90. The predicted octanol–water partition coefficient (Wildman–Crippen LogP) is 8.12. The summed E-state index contributed by atoms with van der Waals surface area (Å²) in [4.78, 5) is 81.6. The molecule has 2 aromatic heterocycles. The van der Waals surface area contributed by atoms with Gasteiger partial charge in [-0.1, -0.05) is 44.0 Å². The molecule has 2 aliphatic rings. The molecule has 1 atom stereocenters. The molecular formula is C65H92Br2N14O9P2. The van der Waals surface area contributed by atoms with Gasteiger partial charge in [-0.05, 0) is 118 Å². The minimum Gasteiger partial charge on any atom is -0.465 e. The molecule has 4 N–H and O–H groups in total. The average Bonchev–Trinajstić information content (AvgIpc) is 0.852. The summed E-state index contributed by atoms with van der Waals surface area (Å²) >= 11 is 6.92. The average molecular weight is 1440 g/mol. The van der Waals surface area contributed by atoms with E-state index in [-0.39, 0.29) is 49.3 Å². The lowest BCUT2D eigenvalue weighted by atomic mass is 10.1. The summed E-state index contributed by atoms with van der Waals surface area (Å²) in [5.41, 5.74) is 5.20. The zero-order chi connectivity index (χ0) is 65.9. The van der Waals surface area contributed by atoms with E-state index in [1.165, 1.54) is 6.33 Å². The van der Waals surface area contributed by atoms with E-state index in [2.05, 4.69) is 97.6 Å². The summed E-state index contributed by atoms with van der Waals surface area (Å²) in [6, 6.07) is 27.5. The number of carbonyl (C=O) groups is 4. The molecule has 2 saturated heterocycles. The van der Waals surface area contributed by atoms with Gasteiger partial charge in [0, 0.05) is 155 Å². The fourth-order valence-electron chi connectivity index (χ4n) is 10.9. The highest BCUT2D eigenvalue weighted by Crippen LogP contribution is 2.43. The molecule has 2 fully saturated rings. The summed E-state index contributed by atoms with van der Waals surface area (Å²) in [6.45, 7) is 23.7. The summed E-state index contributed by atoms with van der Waals surface area (Å²) in [5, 5.41) is 15.4. The van der Waals surface area contributed by atoms with Crippen molar-refractivity contribution in [1.29, 1.82) is 0 Å². The number of aromatic nitrogens is 4. The molecule has 2 aliphatic heterocycles. The molecule has 0 radical (unpaired) electrons. The second-order valence-electron chi connectivity index (χ2n) is 23.6. The summed E-state index contributed by atoms with van der Waals surface area (Å²) in [6.07, 6.45) is 4.38. The standard InChI is InChI=1S/C36H54BrN7O6P2.C29H38BrN7O3/c1-6-49-35(46)25-42-16-19-43(27-51(3,4)47)18-14-41(15-20-44(21-17-42)28-52(5,48)50-7-2)24-32(45)22-29-8-13-33-34(23-29)38-26-39-36(33)40-31-11-9-30(37)10-12-31;1-2-40-28(39)20-37-15-11-31-9-13-36(14-10-32-12-16-37)19-25(38)17-22-3-8-26-27(18-22)33-21-34-29(26)35-24-6-4-23(30)5-7-24/h8-13,23,26H,6-7,14-22,24-25,27-28H2,1-5H3,(H,38,39,40);3-8,18,21,31-32H,2,9-17,19-20H2,1H3,(H,33,34,35). The first-order valence-corrected chi connectivity index (χ1v) is 38.2. The molecule has 0 bridgehead atoms. The van der Waals surface area contributed by atoms with Crippen LogP contribution < -0.4 is 21.3 Å². The Morgan fingerprint density at radius 3 is 1.24 bits per heavy atom. The number of halogens is 2. The maximum Gasteiger partial charge on any atom is 0.320 e. The quantitative estimate of drug-likeness (QED) is 0.0330. The number of hydrogen-bond acceptors (Lipinski definition) is 23. The summed E-state index contributed by atoms with van der Waals surface area (Å²) in [7, 11) is -5.28. The van der Waals surface area contributed by atoms with E-state index in [1.54, 1.807) is 33.2 Å². The van der Waals surface area contributed by atoms with Crippen LogP contribution in [0.5, 0.6) is 0 Å². The number of rotatable bonds is 24. The zero-order valence-electron chi connectivity index (χ0n) is 54.1. The van der Waals surface area contributed by atoms with Gasteiger partial charge >= 0.3 is 11.9 Å². The van der Waals surface area contributed by atoms with Gasteiger partial charge in [-0.2, -0.15) is 0 Å². The highest BCUT2D eigenvalue weighted by atomic mass is 79.9. The van der Waals surface area contributed by atoms with E-state index in [0.717, 1.165) is 111 Å². The van der Waals surface area contributed by atoms with Crippen molar-refractivity contribution >= 4 is 115 Å². The largest absolute Gasteiger partial charge is 0.465 e. The first-order valence-electron chi connectivity index (χ1n) is 31.6. The van der Waals surface area contributed by atoms with E-state index in [9.17, 15) is 28.3 Å². The number of carbonyl (C=O) groups excluding carboxylic acids is 4. The lowest BCUT2D eigenvalue weighted by molar-refractivity contribution is -0.145. The molecule has 4 aromatic carbocycles. The van der Waals surface area contributed by atoms with Crippen LogP contribution in [0.15, 0.2) is 107 Å². The third-order valence-electron chi connectivity index (χ3n) is 15.3. The van der Waals surface area contributed by atoms with E-state index >= 15 is 0 Å². The van der Waals surface area contributed by atoms with Crippen LogP contribution in [0.1, 0.15) is 31.9 Å². The van der Waals surface area contributed by atoms with Gasteiger partial charge in [0.25, 0.3) is 0 Å². The number of hydrogen-bond donors (Lipinski definition) is 4. The van der Waals surface area contributed by atoms with Crippen molar-refractivity contribution in [1.82, 2.24) is 60.0 Å². The molecule has 23 nitrogen and oxygen atoms in total. The van der Waals surface area contributed by atoms with E-state index in [1.807, 2.05) is 104 Å². The van der Waals surface area contributed by atoms with Gasteiger partial charge in [0.1, 0.15) is 24.3 Å². The van der Waals surface area contributed by atoms with Gasteiger partial charge in [-0.15, -0.1) is 0 Å². The van der Waals surface area contributed by atoms with Crippen molar-refractivity contribution < 1.29 is 42.3 Å². The summed E-state index contributed by atoms with van der Waals surface area (Å²) < 4.78 is 44.2. The van der Waals surface area contributed by atoms with Crippen molar-refractivity contribution in [2.75, 3.05) is 194 Å². The van der Waals surface area contributed by atoms with Crippen molar-refractivity contribution in [2.24, 2.45) is 0 Å². The van der Waals surface area contributed by atoms with Crippen LogP contribution in [0, 0.1) is 0 Å². The Balaban J connectivity index is 0.000000270. The second kappa shape index (κ2) is 38.2. The lowest BCUT2D eigenvalue weighted by Gasteiger charge is -2.35. The van der Waals surface area contributed by atoms with Crippen LogP contribution in [0.4, 0.5) is 23.0 Å². The number of ether oxygens (including phenoxy) is 2. The molecule has 0 spiro atoms. The molecule has 0 amide bonds. The number of nitrogens with one attached hydrogen (secondary N) is 4. The van der Waals surface area contributed by atoms with Gasteiger partial charge in [-0.3, -0.25) is 53.1 Å². The van der Waals surface area contributed by atoms with Crippen LogP contribution >= 0.6 is 46.4 Å². The molecule has 6 aromatic rings. The third kappa shape index (κ3) is 26.7. The number of benzene rings is 4. The number of anilines is 4. The normalized spacial score (nSPS) is 17.0. The van der Waals surface area contributed by atoms with Crippen molar-refractivity contribution in [3.05, 3.63) is 118 Å². The Bertz CT molecular complexity index is 3410. The Kier molecular flexibility index (Phi) is 30.6. The second-order valence-corrected chi connectivity index (χ2v) is 31.4. The monoisotopic (exact) mass is 1430 g/mol. The third-order valence-corrected chi connectivity index (χ3v) is 19.1. The van der Waals surface area contributed by atoms with Gasteiger partial charge in [0.15, 0.2) is 11.6 Å². The SMILES string of the molecule is CCOC(=O)CN1CCN(CP(C)(C)=O)CCN(CC(=O)Cc2ccc3c(Nc4ccc(Br)cc4)ncnc3c2)CCN(CP(C)(=O)OCC)CC1.CCOC(=O)CN1CCNCCN(CC(=O)Cc2ccc3c(Nc4ccc(Br)cc4)ncnc3c2)CCNCC1. The van der Waals surface area contributed by atoms with Gasteiger partial charge in [0.2, 0.25) is 7.37 Å². The Morgan fingerprint density at radius 2 is 0.848 bits per heavy atom. The molecule has 27 heteroatoms. The molecule has 0 saturated carbocycles. The van der Waals surface area contributed by atoms with Gasteiger partial charge < -0.3 is 39.8 Å². The number of nitrogens with zero attached hydrogens (tertiary/aromatic N) is 10. The fraction of sp³-hybridized carbons (Fsp3) is 0.508. The molecule has 4 heterocycles. The van der Waals surface area contributed by atoms with Crippen LogP contribution in [0.3, 0.4) is 0 Å². The first-order chi connectivity index (χ1) is 44.2. The Morgan fingerprint density at radius 1 is 0.478 bits per heavy atom. The Labute approximate surface area is 558 Å². The number of ketones is 2. The van der Waals surface area contributed by atoms with Crippen molar-refractivity contribution in [2.45, 2.75) is 33.6 Å². The minimum absolute atomic E-state index is 0.0690. The topological polar surface area (TPSA) is 249 Å². The summed E-state index contributed by atoms with van der Waals surface area (Å²) in [5.74, 6) is 1.19. The number of Topliss-reactive ketones (excluding diaryl/α,β-unsaturated/α-hetero) is 2. The smallest absolute Gasteiger partial charge is 0.320 e. The fourth-order valence-corrected chi connectivity index (χ4v) is 14.3. The van der Waals surface area contributed by atoms with Crippen LogP contribution in [-0.2, 0) is 55.1 Å². The predicted molar refractivity (Wildman–Crippen MR) is 374 cm³/mol. The van der Waals surface area contributed by atoms with Crippen LogP contribution in [0.25, 0.3) is 21.8 Å². The zero-order valence-corrected chi connectivity index (χ0v) is 59.1. The van der Waals surface area contributed by atoms with E-state index in [4.69, 9.17) is 14.0 Å². The first kappa shape index (κ1) is 73.9. The number of esters is 2. The van der Waals surface area contributed by atoms with E-state index in [0.29, 0.717) is 104 Å². The number of fused-ring (bicyclic) bond motifs is 2. The van der Waals surface area contributed by atoms with Gasteiger partial charge in [0.05, 0.1) is 76.7 Å². The maximum atomic E-state index is 13.7. The molecule has 500 valence electrons.